The van der Waals surface area contributed by atoms with Gasteiger partial charge in [0, 0.05) is 12.6 Å². The summed E-state index contributed by atoms with van der Waals surface area (Å²) in [5.74, 6) is 0. The molecule has 0 saturated heterocycles. The molecule has 2 atom stereocenters. The molecule has 1 aliphatic rings. The molecule has 2 heteroatoms. The molecule has 2 aromatic rings. The smallest absolute Gasteiger partial charge is 0.0628 e. The molecule has 0 amide bonds. The fourth-order valence-electron chi connectivity index (χ4n) is 3.45. The van der Waals surface area contributed by atoms with Gasteiger partial charge in [-0.1, -0.05) is 54.6 Å². The van der Waals surface area contributed by atoms with Gasteiger partial charge in [-0.3, -0.25) is 4.90 Å². The number of rotatable bonds is 3. The third-order valence-corrected chi connectivity index (χ3v) is 4.60. The van der Waals surface area contributed by atoms with Gasteiger partial charge in [-0.05, 0) is 36.5 Å². The van der Waals surface area contributed by atoms with Gasteiger partial charge in [0.15, 0.2) is 0 Å². The zero-order valence-electron chi connectivity index (χ0n) is 12.6. The highest BCUT2D eigenvalue weighted by molar-refractivity contribution is 5.30. The molecule has 3 rings (SSSR count). The van der Waals surface area contributed by atoms with E-state index in [4.69, 9.17) is 0 Å². The summed E-state index contributed by atoms with van der Waals surface area (Å²) in [6.07, 6.45) is 2.11. The molecule has 1 heterocycles. The number of hydrogen-bond acceptors (Lipinski definition) is 2. The van der Waals surface area contributed by atoms with Crippen LogP contribution in [0.5, 0.6) is 0 Å². The fraction of sp³-hybridized carbons (Fsp3) is 0.368. The maximum absolute atomic E-state index is 9.92. The molecule has 110 valence electrons. The third-order valence-electron chi connectivity index (χ3n) is 4.60. The summed E-state index contributed by atoms with van der Waals surface area (Å²) in [7, 11) is 0. The molecular weight excluding hydrogens is 258 g/mol. The second kappa shape index (κ2) is 6.42. The van der Waals surface area contributed by atoms with Gasteiger partial charge in [0.05, 0.1) is 12.6 Å². The van der Waals surface area contributed by atoms with E-state index in [1.165, 1.54) is 16.7 Å². The lowest BCUT2D eigenvalue weighted by Crippen LogP contribution is -2.39. The van der Waals surface area contributed by atoms with Gasteiger partial charge in [-0.2, -0.15) is 0 Å². The van der Waals surface area contributed by atoms with E-state index < -0.39 is 0 Å². The monoisotopic (exact) mass is 281 g/mol. The minimum Gasteiger partial charge on any atom is -0.394 e. The summed E-state index contributed by atoms with van der Waals surface area (Å²) in [5, 5.41) is 9.92. The van der Waals surface area contributed by atoms with Crippen LogP contribution in [-0.2, 0) is 12.8 Å². The van der Waals surface area contributed by atoms with Crippen LogP contribution in [0.2, 0.25) is 0 Å². The maximum Gasteiger partial charge on any atom is 0.0628 e. The Labute approximate surface area is 127 Å². The Morgan fingerprint density at radius 2 is 1.71 bits per heavy atom. The molecule has 0 aliphatic carbocycles. The van der Waals surface area contributed by atoms with E-state index >= 15 is 0 Å². The number of nitrogens with zero attached hydrogens (tertiary/aromatic N) is 1. The molecule has 0 radical (unpaired) electrons. The Balaban J connectivity index is 1.86. The fourth-order valence-corrected chi connectivity index (χ4v) is 3.45. The number of aliphatic hydroxyl groups is 1. The van der Waals surface area contributed by atoms with E-state index in [0.29, 0.717) is 6.04 Å². The van der Waals surface area contributed by atoms with E-state index in [9.17, 15) is 5.11 Å². The quantitative estimate of drug-likeness (QED) is 0.934. The number of hydrogen-bond donors (Lipinski definition) is 1. The average Bonchev–Trinajstić information content (AvgIpc) is 2.69. The summed E-state index contributed by atoms with van der Waals surface area (Å²) >= 11 is 0. The van der Waals surface area contributed by atoms with Crippen molar-refractivity contribution in [2.45, 2.75) is 31.8 Å². The Morgan fingerprint density at radius 1 is 1.05 bits per heavy atom. The largest absolute Gasteiger partial charge is 0.394 e. The van der Waals surface area contributed by atoms with E-state index in [1.54, 1.807) is 0 Å². The number of fused-ring (bicyclic) bond motifs is 1. The van der Waals surface area contributed by atoms with Gasteiger partial charge >= 0.3 is 0 Å². The Morgan fingerprint density at radius 3 is 2.43 bits per heavy atom. The third kappa shape index (κ3) is 3.02. The van der Waals surface area contributed by atoms with Gasteiger partial charge in [0.1, 0.15) is 0 Å². The first kappa shape index (κ1) is 14.3. The average molecular weight is 281 g/mol. The standard InChI is InChI=1S/C19H23NO/c1-15-13-18-10-6-5-7-16(18)11-12-20(15)19(14-21)17-8-3-2-4-9-17/h2-10,15,19,21H,11-14H2,1H3/t15-,19-/m0/s1. The number of benzene rings is 2. The second-order valence-electron chi connectivity index (χ2n) is 5.92. The van der Waals surface area contributed by atoms with Gasteiger partial charge in [0.25, 0.3) is 0 Å². The Kier molecular flexibility index (Phi) is 4.37. The second-order valence-corrected chi connectivity index (χ2v) is 5.92. The molecule has 1 aliphatic heterocycles. The van der Waals surface area contributed by atoms with Gasteiger partial charge < -0.3 is 5.11 Å². The van der Waals surface area contributed by atoms with Crippen LogP contribution in [0.15, 0.2) is 54.6 Å². The van der Waals surface area contributed by atoms with Crippen LogP contribution in [0.3, 0.4) is 0 Å². The lowest BCUT2D eigenvalue weighted by Gasteiger charge is -2.34. The zero-order chi connectivity index (χ0) is 14.7. The van der Waals surface area contributed by atoms with Crippen molar-refractivity contribution in [2.24, 2.45) is 0 Å². The van der Waals surface area contributed by atoms with Gasteiger partial charge in [-0.15, -0.1) is 0 Å². The molecule has 0 spiro atoms. The minimum absolute atomic E-state index is 0.0931. The van der Waals surface area contributed by atoms with Crippen LogP contribution in [-0.4, -0.2) is 29.2 Å². The van der Waals surface area contributed by atoms with Gasteiger partial charge in [-0.25, -0.2) is 0 Å². The number of aliphatic hydroxyl groups excluding tert-OH is 1. The van der Waals surface area contributed by atoms with Crippen LogP contribution in [0.1, 0.15) is 29.7 Å². The molecule has 0 unspecified atom stereocenters. The van der Waals surface area contributed by atoms with Crippen LogP contribution in [0.25, 0.3) is 0 Å². The minimum atomic E-state index is 0.0931. The lowest BCUT2D eigenvalue weighted by molar-refractivity contribution is 0.0926. The molecule has 0 fully saturated rings. The molecule has 0 aromatic heterocycles. The first-order chi connectivity index (χ1) is 10.3. The highest BCUT2D eigenvalue weighted by Crippen LogP contribution is 2.28. The topological polar surface area (TPSA) is 23.5 Å². The van der Waals surface area contributed by atoms with Crippen LogP contribution in [0.4, 0.5) is 0 Å². The highest BCUT2D eigenvalue weighted by Gasteiger charge is 2.27. The molecule has 2 aromatic carbocycles. The van der Waals surface area contributed by atoms with Crippen LogP contribution < -0.4 is 0 Å². The van der Waals surface area contributed by atoms with Gasteiger partial charge in [0.2, 0.25) is 0 Å². The first-order valence-corrected chi connectivity index (χ1v) is 7.78. The molecular formula is C19H23NO. The van der Waals surface area contributed by atoms with Crippen molar-refractivity contribution in [3.05, 3.63) is 71.3 Å². The van der Waals surface area contributed by atoms with Crippen molar-refractivity contribution in [1.29, 1.82) is 0 Å². The summed E-state index contributed by atoms with van der Waals surface area (Å²) in [5.41, 5.74) is 4.12. The van der Waals surface area contributed by atoms with Crippen molar-refractivity contribution in [2.75, 3.05) is 13.2 Å². The van der Waals surface area contributed by atoms with Crippen molar-refractivity contribution in [3.8, 4) is 0 Å². The Hall–Kier alpha value is -1.64. The molecule has 0 bridgehead atoms. The lowest BCUT2D eigenvalue weighted by atomic mass is 10.0. The summed E-state index contributed by atoms with van der Waals surface area (Å²) in [4.78, 5) is 2.45. The summed E-state index contributed by atoms with van der Waals surface area (Å²) in [6, 6.07) is 19.6. The molecule has 0 saturated carbocycles. The van der Waals surface area contributed by atoms with Crippen LogP contribution >= 0.6 is 0 Å². The Bertz CT molecular complexity index is 581. The van der Waals surface area contributed by atoms with Crippen molar-refractivity contribution in [3.63, 3.8) is 0 Å². The highest BCUT2D eigenvalue weighted by atomic mass is 16.3. The van der Waals surface area contributed by atoms with Crippen molar-refractivity contribution in [1.82, 2.24) is 4.90 Å². The van der Waals surface area contributed by atoms with Crippen molar-refractivity contribution >= 4 is 0 Å². The maximum atomic E-state index is 9.92. The molecule has 21 heavy (non-hydrogen) atoms. The van der Waals surface area contributed by atoms with E-state index in [-0.39, 0.29) is 12.6 Å². The SMILES string of the molecule is C[C@H]1Cc2ccccc2CCN1[C@@H](CO)c1ccccc1. The van der Waals surface area contributed by atoms with E-state index in [0.717, 1.165) is 19.4 Å². The summed E-state index contributed by atoms with van der Waals surface area (Å²) < 4.78 is 0. The summed E-state index contributed by atoms with van der Waals surface area (Å²) in [6.45, 7) is 3.44. The van der Waals surface area contributed by atoms with E-state index in [1.807, 2.05) is 6.07 Å². The normalized spacial score (nSPS) is 20.6. The predicted molar refractivity (Wildman–Crippen MR) is 86.3 cm³/mol. The predicted octanol–water partition coefficient (Wildman–Crippen LogP) is 3.21. The van der Waals surface area contributed by atoms with E-state index in [2.05, 4.69) is 60.4 Å². The zero-order valence-corrected chi connectivity index (χ0v) is 12.6. The molecule has 1 N–H and O–H groups in total. The molecule has 2 nitrogen and oxygen atoms in total. The van der Waals surface area contributed by atoms with Crippen LogP contribution in [0, 0.1) is 0 Å². The first-order valence-electron chi connectivity index (χ1n) is 7.78. The van der Waals surface area contributed by atoms with Crippen molar-refractivity contribution < 1.29 is 5.11 Å².